The van der Waals surface area contributed by atoms with Crippen LogP contribution in [0.15, 0.2) is 42.5 Å². The Morgan fingerprint density at radius 1 is 1.20 bits per heavy atom. The van der Waals surface area contributed by atoms with Gasteiger partial charge in [-0.25, -0.2) is 0 Å². The van der Waals surface area contributed by atoms with Crippen LogP contribution in [0.4, 0.5) is 0 Å². The maximum Gasteiger partial charge on any atom is 0.115 e. The highest BCUT2D eigenvalue weighted by atomic mass is 16.3. The molecule has 2 aromatic rings. The van der Waals surface area contributed by atoms with Crippen LogP contribution < -0.4 is 5.32 Å². The molecular weight excluding hydrogens is 246 g/mol. The van der Waals surface area contributed by atoms with Crippen molar-refractivity contribution >= 4 is 0 Å². The third-order valence-corrected chi connectivity index (χ3v) is 4.01. The summed E-state index contributed by atoms with van der Waals surface area (Å²) < 4.78 is 0. The number of benzene rings is 2. The fourth-order valence-electron chi connectivity index (χ4n) is 3.05. The molecule has 1 aliphatic rings. The Balaban J connectivity index is 1.99. The lowest BCUT2D eigenvalue weighted by atomic mass is 9.89. The Kier molecular flexibility index (Phi) is 3.75. The molecule has 0 aliphatic carbocycles. The predicted molar refractivity (Wildman–Crippen MR) is 82.1 cm³/mol. The summed E-state index contributed by atoms with van der Waals surface area (Å²) in [6, 6.07) is 14.7. The van der Waals surface area contributed by atoms with Gasteiger partial charge < -0.3 is 10.4 Å². The van der Waals surface area contributed by atoms with Gasteiger partial charge in [0.25, 0.3) is 0 Å². The van der Waals surface area contributed by atoms with Crippen LogP contribution in [0.5, 0.6) is 5.75 Å². The van der Waals surface area contributed by atoms with Crippen LogP contribution in [-0.2, 0) is 12.8 Å². The summed E-state index contributed by atoms with van der Waals surface area (Å²) in [6.07, 6.45) is 3.31. The van der Waals surface area contributed by atoms with E-state index in [1.165, 1.54) is 28.7 Å². The molecule has 0 aromatic heterocycles. The van der Waals surface area contributed by atoms with Crippen molar-refractivity contribution in [1.29, 1.82) is 0 Å². The topological polar surface area (TPSA) is 32.3 Å². The molecule has 2 N–H and O–H groups in total. The molecule has 2 heteroatoms. The molecule has 1 atom stereocenters. The van der Waals surface area contributed by atoms with E-state index < -0.39 is 0 Å². The number of aryl methyl sites for hydroxylation is 1. The molecule has 3 rings (SSSR count). The number of phenolic OH excluding ortho intramolecular Hbond substituents is 1. The smallest absolute Gasteiger partial charge is 0.115 e. The molecule has 1 aliphatic heterocycles. The molecule has 0 radical (unpaired) electrons. The highest BCUT2D eigenvalue weighted by Gasteiger charge is 2.21. The normalized spacial score (nSPS) is 17.8. The van der Waals surface area contributed by atoms with Crippen molar-refractivity contribution in [2.24, 2.45) is 0 Å². The fourth-order valence-corrected chi connectivity index (χ4v) is 3.05. The molecule has 0 fully saturated rings. The van der Waals surface area contributed by atoms with Gasteiger partial charge >= 0.3 is 0 Å². The zero-order valence-electron chi connectivity index (χ0n) is 11.9. The minimum absolute atomic E-state index is 0.197. The predicted octanol–water partition coefficient (Wildman–Crippen LogP) is 3.58. The maximum atomic E-state index is 9.76. The number of phenols is 1. The van der Waals surface area contributed by atoms with Crippen LogP contribution in [0, 0.1) is 0 Å². The molecule has 0 saturated heterocycles. The van der Waals surface area contributed by atoms with Crippen LogP contribution in [0.3, 0.4) is 0 Å². The largest absolute Gasteiger partial charge is 0.508 e. The van der Waals surface area contributed by atoms with Gasteiger partial charge in [0.1, 0.15) is 5.75 Å². The average molecular weight is 267 g/mol. The highest BCUT2D eigenvalue weighted by Crippen LogP contribution is 2.31. The van der Waals surface area contributed by atoms with Gasteiger partial charge in [0.05, 0.1) is 6.04 Å². The SMILES string of the molecule is CCCc1cccc(C2NCCc3ccc(O)cc32)c1. The second-order valence-electron chi connectivity index (χ2n) is 5.52. The Morgan fingerprint density at radius 3 is 2.95 bits per heavy atom. The molecule has 0 amide bonds. The van der Waals surface area contributed by atoms with E-state index in [-0.39, 0.29) is 6.04 Å². The Labute approximate surface area is 120 Å². The van der Waals surface area contributed by atoms with E-state index in [1.54, 1.807) is 6.07 Å². The van der Waals surface area contributed by atoms with Crippen LogP contribution in [0.2, 0.25) is 0 Å². The minimum atomic E-state index is 0.197. The van der Waals surface area contributed by atoms with Gasteiger partial charge in [-0.1, -0.05) is 43.7 Å². The van der Waals surface area contributed by atoms with Crippen molar-refractivity contribution < 1.29 is 5.11 Å². The molecule has 20 heavy (non-hydrogen) atoms. The molecule has 0 spiro atoms. The first-order chi connectivity index (χ1) is 9.78. The van der Waals surface area contributed by atoms with E-state index in [0.29, 0.717) is 5.75 Å². The van der Waals surface area contributed by atoms with Gasteiger partial charge in [0, 0.05) is 6.54 Å². The minimum Gasteiger partial charge on any atom is -0.508 e. The summed E-state index contributed by atoms with van der Waals surface area (Å²) >= 11 is 0. The van der Waals surface area contributed by atoms with Crippen molar-refractivity contribution in [3.63, 3.8) is 0 Å². The summed E-state index contributed by atoms with van der Waals surface area (Å²) in [6.45, 7) is 3.19. The highest BCUT2D eigenvalue weighted by molar-refractivity contribution is 5.44. The number of fused-ring (bicyclic) bond motifs is 1. The molecule has 1 heterocycles. The van der Waals surface area contributed by atoms with E-state index in [2.05, 4.69) is 42.6 Å². The van der Waals surface area contributed by atoms with Gasteiger partial charge in [0.15, 0.2) is 0 Å². The van der Waals surface area contributed by atoms with Gasteiger partial charge in [-0.05, 0) is 47.2 Å². The van der Waals surface area contributed by atoms with Gasteiger partial charge in [-0.15, -0.1) is 0 Å². The number of nitrogens with one attached hydrogen (secondary N) is 1. The van der Waals surface area contributed by atoms with Gasteiger partial charge in [0.2, 0.25) is 0 Å². The quantitative estimate of drug-likeness (QED) is 0.891. The molecular formula is C18H21NO. The molecule has 0 bridgehead atoms. The maximum absolute atomic E-state index is 9.76. The van der Waals surface area contributed by atoms with E-state index in [9.17, 15) is 5.11 Å². The third kappa shape index (κ3) is 2.56. The first-order valence-corrected chi connectivity index (χ1v) is 7.42. The number of rotatable bonds is 3. The summed E-state index contributed by atoms with van der Waals surface area (Å²) in [5.74, 6) is 0.349. The first kappa shape index (κ1) is 13.2. The van der Waals surface area contributed by atoms with Gasteiger partial charge in [-0.3, -0.25) is 0 Å². The van der Waals surface area contributed by atoms with Crippen molar-refractivity contribution in [2.75, 3.05) is 6.54 Å². The Hall–Kier alpha value is -1.80. The molecule has 0 saturated carbocycles. The average Bonchev–Trinajstić information content (AvgIpc) is 2.47. The first-order valence-electron chi connectivity index (χ1n) is 7.42. The van der Waals surface area contributed by atoms with Gasteiger partial charge in [-0.2, -0.15) is 0 Å². The second-order valence-corrected chi connectivity index (χ2v) is 5.52. The van der Waals surface area contributed by atoms with Crippen molar-refractivity contribution in [3.8, 4) is 5.75 Å². The standard InChI is InChI=1S/C18H21NO/c1-2-4-13-5-3-6-15(11-13)18-17-12-16(20)8-7-14(17)9-10-19-18/h3,5-8,11-12,18-20H,2,4,9-10H2,1H3. The lowest BCUT2D eigenvalue weighted by Gasteiger charge is -2.28. The number of aromatic hydroxyl groups is 1. The zero-order chi connectivity index (χ0) is 13.9. The fraction of sp³-hybridized carbons (Fsp3) is 0.333. The number of hydrogen-bond acceptors (Lipinski definition) is 2. The van der Waals surface area contributed by atoms with Crippen molar-refractivity contribution in [3.05, 3.63) is 64.7 Å². The Bertz CT molecular complexity index is 606. The van der Waals surface area contributed by atoms with E-state index in [0.717, 1.165) is 19.4 Å². The lowest BCUT2D eigenvalue weighted by molar-refractivity contribution is 0.470. The van der Waals surface area contributed by atoms with Crippen LogP contribution in [0.25, 0.3) is 0 Å². The zero-order valence-corrected chi connectivity index (χ0v) is 11.9. The lowest BCUT2D eigenvalue weighted by Crippen LogP contribution is -2.30. The third-order valence-electron chi connectivity index (χ3n) is 4.01. The molecule has 104 valence electrons. The summed E-state index contributed by atoms with van der Waals surface area (Å²) in [7, 11) is 0. The van der Waals surface area contributed by atoms with E-state index in [1.807, 2.05) is 6.07 Å². The second kappa shape index (κ2) is 5.68. The Morgan fingerprint density at radius 2 is 2.10 bits per heavy atom. The monoisotopic (exact) mass is 267 g/mol. The summed E-state index contributed by atoms with van der Waals surface area (Å²) in [4.78, 5) is 0. The molecule has 2 nitrogen and oxygen atoms in total. The summed E-state index contributed by atoms with van der Waals surface area (Å²) in [5.41, 5.74) is 5.24. The van der Waals surface area contributed by atoms with Crippen molar-refractivity contribution in [1.82, 2.24) is 5.32 Å². The number of hydrogen-bond donors (Lipinski definition) is 2. The summed E-state index contributed by atoms with van der Waals surface area (Å²) in [5, 5.41) is 13.3. The molecule has 1 unspecified atom stereocenters. The van der Waals surface area contributed by atoms with Crippen LogP contribution >= 0.6 is 0 Å². The van der Waals surface area contributed by atoms with Crippen molar-refractivity contribution in [2.45, 2.75) is 32.2 Å². The van der Waals surface area contributed by atoms with E-state index in [4.69, 9.17) is 0 Å². The van der Waals surface area contributed by atoms with Crippen LogP contribution in [-0.4, -0.2) is 11.7 Å². The van der Waals surface area contributed by atoms with E-state index >= 15 is 0 Å². The molecule has 2 aromatic carbocycles. The van der Waals surface area contributed by atoms with Crippen LogP contribution in [0.1, 0.15) is 41.6 Å².